The van der Waals surface area contributed by atoms with Gasteiger partial charge in [-0.05, 0) is 31.9 Å². The number of aldehydes is 1. The fourth-order valence-electron chi connectivity index (χ4n) is 2.58. The zero-order valence-corrected chi connectivity index (χ0v) is 19.4. The highest BCUT2D eigenvalue weighted by atomic mass is 16.6. The molecule has 0 aliphatic rings. The van der Waals surface area contributed by atoms with Crippen molar-refractivity contribution in [1.82, 2.24) is 0 Å². The number of carbonyl (C=O) groups excluding carboxylic acids is 4. The van der Waals surface area contributed by atoms with Gasteiger partial charge in [0, 0.05) is 12.0 Å². The van der Waals surface area contributed by atoms with Crippen molar-refractivity contribution in [1.29, 1.82) is 0 Å². The van der Waals surface area contributed by atoms with E-state index in [2.05, 4.69) is 4.74 Å². The van der Waals surface area contributed by atoms with Gasteiger partial charge >= 0.3 is 17.9 Å². The summed E-state index contributed by atoms with van der Waals surface area (Å²) in [5.41, 5.74) is -0.281. The van der Waals surface area contributed by atoms with Crippen molar-refractivity contribution >= 4 is 24.2 Å². The Balaban J connectivity index is 2.44. The van der Waals surface area contributed by atoms with Gasteiger partial charge in [0.15, 0.2) is 12.2 Å². The predicted molar refractivity (Wildman–Crippen MR) is 117 cm³/mol. The quantitative estimate of drug-likeness (QED) is 0.161. The minimum absolute atomic E-state index is 0.142. The van der Waals surface area contributed by atoms with Gasteiger partial charge in [-0.2, -0.15) is 0 Å². The molecule has 0 saturated carbocycles. The van der Waals surface area contributed by atoms with E-state index in [1.165, 1.54) is 24.3 Å². The summed E-state index contributed by atoms with van der Waals surface area (Å²) in [6.45, 7) is 4.11. The van der Waals surface area contributed by atoms with Crippen molar-refractivity contribution in [2.75, 3.05) is 13.2 Å². The highest BCUT2D eigenvalue weighted by Crippen LogP contribution is 2.21. The average Bonchev–Trinajstić information content (AvgIpc) is 2.84. The van der Waals surface area contributed by atoms with Crippen molar-refractivity contribution in [2.24, 2.45) is 0 Å². The average molecular weight is 484 g/mol. The van der Waals surface area contributed by atoms with Crippen LogP contribution >= 0.6 is 0 Å². The topological polar surface area (TPSA) is 177 Å². The Hall–Kier alpha value is -2.86. The first-order valence-electron chi connectivity index (χ1n) is 10.8. The van der Waals surface area contributed by atoms with Crippen LogP contribution in [0.4, 0.5) is 0 Å². The van der Waals surface area contributed by atoms with Crippen molar-refractivity contribution in [3.05, 3.63) is 35.4 Å². The minimum Gasteiger partial charge on any atom is -0.461 e. The van der Waals surface area contributed by atoms with Gasteiger partial charge in [0.25, 0.3) is 0 Å². The first kappa shape index (κ1) is 29.2. The van der Waals surface area contributed by atoms with E-state index >= 15 is 0 Å². The molecule has 0 aliphatic carbocycles. The lowest BCUT2D eigenvalue weighted by Crippen LogP contribution is -2.42. The maximum Gasteiger partial charge on any atom is 0.338 e. The van der Waals surface area contributed by atoms with Gasteiger partial charge in [-0.25, -0.2) is 14.4 Å². The predicted octanol–water partition coefficient (Wildman–Crippen LogP) is 0.155. The Bertz CT molecular complexity index is 817. The summed E-state index contributed by atoms with van der Waals surface area (Å²) in [5, 5.41) is 39.6. The fourth-order valence-corrected chi connectivity index (χ4v) is 2.58. The van der Waals surface area contributed by atoms with Crippen LogP contribution in [0, 0.1) is 0 Å². The second-order valence-electron chi connectivity index (χ2n) is 7.96. The summed E-state index contributed by atoms with van der Waals surface area (Å²) in [6.07, 6.45) is -6.20. The van der Waals surface area contributed by atoms with Crippen molar-refractivity contribution < 1.29 is 53.8 Å². The van der Waals surface area contributed by atoms with Crippen LogP contribution in [0.5, 0.6) is 0 Å². The molecule has 1 aromatic carbocycles. The molecule has 0 spiro atoms. The third-order valence-corrected chi connectivity index (χ3v) is 5.29. The second-order valence-corrected chi connectivity index (χ2v) is 7.96. The van der Waals surface area contributed by atoms with Gasteiger partial charge in [-0.1, -0.05) is 26.0 Å². The molecule has 0 bridgehead atoms. The fraction of sp³-hybridized carbons (Fsp3) is 0.565. The molecule has 0 saturated heterocycles. The van der Waals surface area contributed by atoms with Gasteiger partial charge in [-0.15, -0.1) is 0 Å². The van der Waals surface area contributed by atoms with Crippen LogP contribution in [-0.4, -0.2) is 87.9 Å². The summed E-state index contributed by atoms with van der Waals surface area (Å²) >= 11 is 0. The summed E-state index contributed by atoms with van der Waals surface area (Å²) in [7, 11) is 0. The van der Waals surface area contributed by atoms with Crippen LogP contribution in [-0.2, 0) is 23.8 Å². The zero-order valence-electron chi connectivity index (χ0n) is 19.4. The molecule has 190 valence electrons. The molecule has 4 N–H and O–H groups in total. The summed E-state index contributed by atoms with van der Waals surface area (Å²) in [4.78, 5) is 46.4. The Morgan fingerprint density at radius 1 is 0.941 bits per heavy atom. The number of aliphatic hydroxyl groups is 4. The molecule has 0 heterocycles. The molecule has 1 rings (SSSR count). The van der Waals surface area contributed by atoms with Crippen LogP contribution in [0.1, 0.15) is 60.7 Å². The monoisotopic (exact) mass is 484 g/mol. The van der Waals surface area contributed by atoms with E-state index in [0.717, 1.165) is 0 Å². The molecule has 0 fully saturated rings. The number of hydrogen-bond acceptors (Lipinski definition) is 11. The van der Waals surface area contributed by atoms with E-state index in [4.69, 9.17) is 9.47 Å². The molecule has 0 aromatic heterocycles. The maximum absolute atomic E-state index is 12.0. The Morgan fingerprint density at radius 3 is 2.03 bits per heavy atom. The molecule has 0 amide bonds. The maximum atomic E-state index is 12.0. The number of hydrogen-bond donors (Lipinski definition) is 4. The number of carbonyl (C=O) groups is 4. The molecule has 11 heteroatoms. The first-order valence-corrected chi connectivity index (χ1v) is 10.8. The van der Waals surface area contributed by atoms with Crippen LogP contribution < -0.4 is 0 Å². The van der Waals surface area contributed by atoms with E-state index in [9.17, 15) is 39.6 Å². The zero-order chi connectivity index (χ0) is 25.9. The lowest BCUT2D eigenvalue weighted by molar-refractivity contribution is -0.175. The summed E-state index contributed by atoms with van der Waals surface area (Å²) in [5.74, 6) is -3.08. The molecule has 11 nitrogen and oxygen atoms in total. The van der Waals surface area contributed by atoms with Crippen LogP contribution in [0.2, 0.25) is 0 Å². The van der Waals surface area contributed by atoms with E-state index in [0.29, 0.717) is 24.7 Å². The van der Waals surface area contributed by atoms with Crippen LogP contribution in [0.25, 0.3) is 0 Å². The van der Waals surface area contributed by atoms with Crippen LogP contribution in [0.15, 0.2) is 24.3 Å². The van der Waals surface area contributed by atoms with Gasteiger partial charge in [-0.3, -0.25) is 4.79 Å². The Labute approximate surface area is 197 Å². The van der Waals surface area contributed by atoms with E-state index < -0.39 is 67.6 Å². The summed E-state index contributed by atoms with van der Waals surface area (Å²) in [6, 6.07) is 5.56. The van der Waals surface area contributed by atoms with Crippen molar-refractivity contribution in [3.8, 4) is 0 Å². The molecule has 4 atom stereocenters. The third kappa shape index (κ3) is 9.18. The SMILES string of the molecule is CCC(C)(CC)OC(=O)C(O)CC(O)C(O)C(=O)OCC(O)COC(=O)c1ccc(C=O)cc1. The van der Waals surface area contributed by atoms with Gasteiger partial charge in [0.05, 0.1) is 11.7 Å². The molecular formula is C23H32O11. The van der Waals surface area contributed by atoms with Crippen molar-refractivity contribution in [2.45, 2.75) is 70.1 Å². The van der Waals surface area contributed by atoms with Crippen molar-refractivity contribution in [3.63, 3.8) is 0 Å². The number of aliphatic hydroxyl groups excluding tert-OH is 4. The van der Waals surface area contributed by atoms with Gasteiger partial charge in [0.2, 0.25) is 0 Å². The van der Waals surface area contributed by atoms with Gasteiger partial charge in [0.1, 0.15) is 31.2 Å². The minimum atomic E-state index is -2.10. The smallest absolute Gasteiger partial charge is 0.338 e. The Morgan fingerprint density at radius 2 is 1.50 bits per heavy atom. The van der Waals surface area contributed by atoms with Gasteiger partial charge < -0.3 is 34.6 Å². The molecule has 1 aromatic rings. The van der Waals surface area contributed by atoms with E-state index in [-0.39, 0.29) is 5.56 Å². The molecule has 0 radical (unpaired) electrons. The molecule has 4 unspecified atom stereocenters. The molecule has 0 aliphatic heterocycles. The van der Waals surface area contributed by atoms with E-state index in [1.54, 1.807) is 20.8 Å². The standard InChI is InChI=1S/C23H32O11/c1-4-23(3,5-2)34-21(30)18(27)10-17(26)19(28)22(31)33-13-16(25)12-32-20(29)15-8-6-14(11-24)7-9-15/h6-9,11,16-19,25-28H,4-5,10,12-13H2,1-3H3. The largest absolute Gasteiger partial charge is 0.461 e. The molecule has 34 heavy (non-hydrogen) atoms. The highest BCUT2D eigenvalue weighted by molar-refractivity contribution is 5.90. The summed E-state index contributed by atoms with van der Waals surface area (Å²) < 4.78 is 14.8. The first-order chi connectivity index (χ1) is 16.0. The number of benzene rings is 1. The third-order valence-electron chi connectivity index (χ3n) is 5.29. The number of ether oxygens (including phenoxy) is 3. The van der Waals surface area contributed by atoms with E-state index in [1.807, 2.05) is 0 Å². The molecular weight excluding hydrogens is 452 g/mol. The Kier molecular flexibility index (Phi) is 11.8. The highest BCUT2D eigenvalue weighted by Gasteiger charge is 2.33. The number of rotatable bonds is 14. The number of esters is 3. The normalized spacial score (nSPS) is 14.9. The lowest BCUT2D eigenvalue weighted by atomic mass is 9.99. The second kappa shape index (κ2) is 13.8. The lowest BCUT2D eigenvalue weighted by Gasteiger charge is -2.28. The van der Waals surface area contributed by atoms with Crippen LogP contribution in [0.3, 0.4) is 0 Å².